The number of fused-ring (bicyclic) bond motifs is 1. The molecule has 1 fully saturated rings. The average Bonchev–Trinajstić information content (AvgIpc) is 2.48. The van der Waals surface area contributed by atoms with Gasteiger partial charge in [-0.05, 0) is 25.7 Å². The molecule has 0 bridgehead atoms. The van der Waals surface area contributed by atoms with E-state index in [2.05, 4.69) is 20.7 Å². The maximum Gasteiger partial charge on any atom is 0.176 e. The molecule has 2 aromatic rings. The third kappa shape index (κ3) is 2.68. The quantitative estimate of drug-likeness (QED) is 0.842. The summed E-state index contributed by atoms with van der Waals surface area (Å²) in [6, 6.07) is 7.80. The van der Waals surface area contributed by atoms with Crippen molar-refractivity contribution in [3.05, 3.63) is 29.4 Å². The van der Waals surface area contributed by atoms with Gasteiger partial charge in [-0.1, -0.05) is 42.3 Å². The van der Waals surface area contributed by atoms with E-state index in [9.17, 15) is 0 Å². The Morgan fingerprint density at radius 1 is 1.00 bits per heavy atom. The summed E-state index contributed by atoms with van der Waals surface area (Å²) in [5.41, 5.74) is 4.26. The molecule has 0 amide bonds. The second-order valence-electron chi connectivity index (χ2n) is 4.74. The van der Waals surface area contributed by atoms with Crippen LogP contribution in [0.25, 0.3) is 10.8 Å². The molecule has 0 spiro atoms. The molecule has 1 aromatic heterocycles. The predicted octanol–water partition coefficient (Wildman–Crippen LogP) is 4.02. The number of rotatable bonds is 2. The van der Waals surface area contributed by atoms with Gasteiger partial charge in [0.05, 0.1) is 0 Å². The van der Waals surface area contributed by atoms with Crippen LogP contribution < -0.4 is 5.43 Å². The zero-order valence-electron chi connectivity index (χ0n) is 10.6. The number of nitrogens with one attached hydrogen (secondary N) is 1. The standard InChI is InChI=1S/C14H15ClN4/c15-13-11-8-4-5-9-12(11)14(19-17-13)18-16-10-6-2-1-3-7-10/h4-5,8-9H,1-3,6-7H2,(H,18,19). The normalized spacial score (nSPS) is 15.5. The average molecular weight is 275 g/mol. The number of nitrogens with zero attached hydrogens (tertiary/aromatic N) is 3. The first-order valence-electron chi connectivity index (χ1n) is 6.57. The Morgan fingerprint density at radius 2 is 1.74 bits per heavy atom. The SMILES string of the molecule is Clc1nnc(NN=C2CCCCC2)c2ccccc12. The van der Waals surface area contributed by atoms with Gasteiger partial charge in [-0.15, -0.1) is 10.2 Å². The van der Waals surface area contributed by atoms with E-state index < -0.39 is 0 Å². The Kier molecular flexibility index (Phi) is 3.60. The molecule has 5 heteroatoms. The van der Waals surface area contributed by atoms with Crippen LogP contribution in [0, 0.1) is 0 Å². The lowest BCUT2D eigenvalue weighted by Gasteiger charge is -2.12. The van der Waals surface area contributed by atoms with Gasteiger partial charge in [-0.3, -0.25) is 5.43 Å². The summed E-state index contributed by atoms with van der Waals surface area (Å²) in [6.45, 7) is 0. The van der Waals surface area contributed by atoms with E-state index in [1.165, 1.54) is 25.0 Å². The van der Waals surface area contributed by atoms with Gasteiger partial charge in [0.15, 0.2) is 11.0 Å². The highest BCUT2D eigenvalue weighted by atomic mass is 35.5. The first kappa shape index (κ1) is 12.4. The molecule has 0 aliphatic heterocycles. The van der Waals surface area contributed by atoms with Crippen LogP contribution in [0.15, 0.2) is 29.4 Å². The highest BCUT2D eigenvalue weighted by molar-refractivity contribution is 6.34. The van der Waals surface area contributed by atoms with Crippen LogP contribution in [0.4, 0.5) is 5.82 Å². The van der Waals surface area contributed by atoms with Crippen molar-refractivity contribution < 1.29 is 0 Å². The van der Waals surface area contributed by atoms with Crippen molar-refractivity contribution in [2.24, 2.45) is 5.10 Å². The molecule has 1 aromatic carbocycles. The van der Waals surface area contributed by atoms with Crippen molar-refractivity contribution in [2.75, 3.05) is 5.43 Å². The maximum absolute atomic E-state index is 6.04. The first-order chi connectivity index (χ1) is 9.34. The zero-order valence-corrected chi connectivity index (χ0v) is 11.3. The van der Waals surface area contributed by atoms with Crippen molar-refractivity contribution in [1.82, 2.24) is 10.2 Å². The smallest absolute Gasteiger partial charge is 0.176 e. The van der Waals surface area contributed by atoms with Crippen LogP contribution in [-0.2, 0) is 0 Å². The Balaban J connectivity index is 1.90. The van der Waals surface area contributed by atoms with E-state index in [-0.39, 0.29) is 0 Å². The van der Waals surface area contributed by atoms with E-state index in [1.54, 1.807) is 0 Å². The summed E-state index contributed by atoms with van der Waals surface area (Å²) in [5, 5.41) is 14.8. The minimum absolute atomic E-state index is 0.423. The molecular formula is C14H15ClN4. The third-order valence-electron chi connectivity index (χ3n) is 3.39. The molecule has 1 N–H and O–H groups in total. The fourth-order valence-electron chi connectivity index (χ4n) is 2.36. The van der Waals surface area contributed by atoms with Crippen molar-refractivity contribution in [1.29, 1.82) is 0 Å². The monoisotopic (exact) mass is 274 g/mol. The lowest BCUT2D eigenvalue weighted by Crippen LogP contribution is -2.08. The molecule has 1 saturated carbocycles. The zero-order chi connectivity index (χ0) is 13.1. The summed E-state index contributed by atoms with van der Waals surface area (Å²) >= 11 is 6.04. The summed E-state index contributed by atoms with van der Waals surface area (Å²) in [4.78, 5) is 0. The van der Waals surface area contributed by atoms with E-state index >= 15 is 0 Å². The summed E-state index contributed by atoms with van der Waals surface area (Å²) in [6.07, 6.45) is 5.92. The third-order valence-corrected chi connectivity index (χ3v) is 3.67. The number of anilines is 1. The van der Waals surface area contributed by atoms with Gasteiger partial charge in [0.2, 0.25) is 0 Å². The van der Waals surface area contributed by atoms with E-state index in [0.29, 0.717) is 11.0 Å². The van der Waals surface area contributed by atoms with Gasteiger partial charge in [0.25, 0.3) is 0 Å². The maximum atomic E-state index is 6.04. The van der Waals surface area contributed by atoms with Crippen LogP contribution >= 0.6 is 11.6 Å². The van der Waals surface area contributed by atoms with Crippen LogP contribution in [0.2, 0.25) is 5.15 Å². The highest BCUT2D eigenvalue weighted by Gasteiger charge is 2.09. The van der Waals surface area contributed by atoms with Gasteiger partial charge in [-0.2, -0.15) is 5.10 Å². The minimum atomic E-state index is 0.423. The van der Waals surface area contributed by atoms with Gasteiger partial charge in [-0.25, -0.2) is 0 Å². The first-order valence-corrected chi connectivity index (χ1v) is 6.95. The molecule has 1 aliphatic rings. The Hall–Kier alpha value is -1.68. The van der Waals surface area contributed by atoms with Crippen LogP contribution in [-0.4, -0.2) is 15.9 Å². The number of hydrazone groups is 1. The lowest BCUT2D eigenvalue weighted by molar-refractivity contribution is 0.665. The topological polar surface area (TPSA) is 50.2 Å². The molecule has 0 unspecified atom stereocenters. The lowest BCUT2D eigenvalue weighted by atomic mass is 9.99. The Morgan fingerprint density at radius 3 is 2.53 bits per heavy atom. The number of halogens is 1. The Bertz CT molecular complexity index is 616. The van der Waals surface area contributed by atoms with Crippen molar-refractivity contribution in [2.45, 2.75) is 32.1 Å². The predicted molar refractivity (Wildman–Crippen MR) is 78.7 cm³/mol. The van der Waals surface area contributed by atoms with Crippen LogP contribution in [0.5, 0.6) is 0 Å². The molecule has 3 rings (SSSR count). The number of hydrogen-bond acceptors (Lipinski definition) is 4. The minimum Gasteiger partial charge on any atom is -0.259 e. The summed E-state index contributed by atoms with van der Waals surface area (Å²) in [5.74, 6) is 0.665. The number of hydrogen-bond donors (Lipinski definition) is 1. The van der Waals surface area contributed by atoms with Gasteiger partial charge in [0, 0.05) is 16.5 Å². The van der Waals surface area contributed by atoms with E-state index in [4.69, 9.17) is 11.6 Å². The van der Waals surface area contributed by atoms with Crippen molar-refractivity contribution in [3.8, 4) is 0 Å². The van der Waals surface area contributed by atoms with Gasteiger partial charge in [0.1, 0.15) is 0 Å². The summed E-state index contributed by atoms with van der Waals surface area (Å²) in [7, 11) is 0. The number of aromatic nitrogens is 2. The molecule has 0 atom stereocenters. The van der Waals surface area contributed by atoms with Crippen molar-refractivity contribution in [3.63, 3.8) is 0 Å². The second kappa shape index (κ2) is 5.53. The molecule has 1 aliphatic carbocycles. The fraction of sp³-hybridized carbons (Fsp3) is 0.357. The molecule has 98 valence electrons. The highest BCUT2D eigenvalue weighted by Crippen LogP contribution is 2.25. The van der Waals surface area contributed by atoms with Gasteiger partial charge >= 0.3 is 0 Å². The van der Waals surface area contributed by atoms with Crippen LogP contribution in [0.3, 0.4) is 0 Å². The van der Waals surface area contributed by atoms with E-state index in [1.807, 2.05) is 24.3 Å². The second-order valence-corrected chi connectivity index (χ2v) is 5.09. The fourth-order valence-corrected chi connectivity index (χ4v) is 2.56. The van der Waals surface area contributed by atoms with Crippen LogP contribution in [0.1, 0.15) is 32.1 Å². The molecule has 4 nitrogen and oxygen atoms in total. The molecule has 1 heterocycles. The molecular weight excluding hydrogens is 260 g/mol. The Labute approximate surface area is 116 Å². The molecule has 19 heavy (non-hydrogen) atoms. The van der Waals surface area contributed by atoms with Crippen molar-refractivity contribution >= 4 is 33.9 Å². The van der Waals surface area contributed by atoms with E-state index in [0.717, 1.165) is 23.6 Å². The largest absolute Gasteiger partial charge is 0.259 e. The molecule has 0 radical (unpaired) electrons. The van der Waals surface area contributed by atoms with Gasteiger partial charge < -0.3 is 0 Å². The summed E-state index contributed by atoms with van der Waals surface area (Å²) < 4.78 is 0. The molecule has 0 saturated heterocycles. The number of benzene rings is 1.